The average Bonchev–Trinajstić information content (AvgIpc) is 3.11. The van der Waals surface area contributed by atoms with Gasteiger partial charge in [0.15, 0.2) is 0 Å². The van der Waals surface area contributed by atoms with E-state index in [9.17, 15) is 14.9 Å². The fourth-order valence-corrected chi connectivity index (χ4v) is 3.69. The van der Waals surface area contributed by atoms with Crippen LogP contribution in [0.2, 0.25) is 0 Å². The van der Waals surface area contributed by atoms with Gasteiger partial charge in [-0.3, -0.25) is 24.3 Å². The molecule has 1 amide bonds. The summed E-state index contributed by atoms with van der Waals surface area (Å²) in [6.45, 7) is 9.32. The summed E-state index contributed by atoms with van der Waals surface area (Å²) < 4.78 is 4.28. The lowest BCUT2D eigenvalue weighted by molar-refractivity contribution is -0.386. The molecule has 2 aromatic heterocycles. The Kier molecular flexibility index (Phi) is 6.06. The first-order valence-corrected chi connectivity index (χ1v) is 10.2. The molecule has 1 unspecified atom stereocenters. The summed E-state index contributed by atoms with van der Waals surface area (Å²) in [7, 11) is 0. The Morgan fingerprint density at radius 2 is 1.90 bits per heavy atom. The molecule has 30 heavy (non-hydrogen) atoms. The number of hydrogen-bond acceptors (Lipinski definition) is 5. The van der Waals surface area contributed by atoms with E-state index in [1.807, 2.05) is 36.7 Å². The lowest BCUT2D eigenvalue weighted by Crippen LogP contribution is -2.25. The van der Waals surface area contributed by atoms with Gasteiger partial charge >= 0.3 is 5.69 Å². The maximum atomic E-state index is 12.8. The van der Waals surface area contributed by atoms with E-state index in [0.717, 1.165) is 21.4 Å². The summed E-state index contributed by atoms with van der Waals surface area (Å²) in [5.74, 6) is -0.304. The molecule has 1 N–H and O–H groups in total. The number of nitrogens with zero attached hydrogens (tertiary/aromatic N) is 5. The number of nitro groups is 1. The SMILES string of the molecule is Cc1nn(Cc2cccc(NC(=O)C(C)n3nc(C)c([N+](=O)[O-])c3C)c2)c(C)c1Br. The third-order valence-electron chi connectivity index (χ3n) is 5.04. The van der Waals surface area contributed by atoms with Gasteiger partial charge in [-0.15, -0.1) is 0 Å². The zero-order valence-electron chi connectivity index (χ0n) is 17.4. The van der Waals surface area contributed by atoms with Crippen molar-refractivity contribution in [1.82, 2.24) is 19.6 Å². The Labute approximate surface area is 182 Å². The second kappa shape index (κ2) is 8.39. The molecule has 0 saturated heterocycles. The van der Waals surface area contributed by atoms with Crippen molar-refractivity contribution in [1.29, 1.82) is 0 Å². The summed E-state index contributed by atoms with van der Waals surface area (Å²) in [5.41, 5.74) is 4.15. The highest BCUT2D eigenvalue weighted by atomic mass is 79.9. The predicted octanol–water partition coefficient (Wildman–Crippen LogP) is 4.23. The maximum absolute atomic E-state index is 12.8. The number of carbonyl (C=O) groups excluding carboxylic acids is 1. The second-order valence-electron chi connectivity index (χ2n) is 7.23. The monoisotopic (exact) mass is 474 g/mol. The molecule has 0 saturated carbocycles. The summed E-state index contributed by atoms with van der Waals surface area (Å²) in [5, 5.41) is 22.8. The van der Waals surface area contributed by atoms with Gasteiger partial charge in [0.05, 0.1) is 27.3 Å². The van der Waals surface area contributed by atoms with Crippen LogP contribution in [0.1, 0.15) is 41.3 Å². The Hall–Kier alpha value is -3.01. The lowest BCUT2D eigenvalue weighted by atomic mass is 10.2. The van der Waals surface area contributed by atoms with Crippen molar-refractivity contribution in [2.45, 2.75) is 47.2 Å². The highest BCUT2D eigenvalue weighted by Gasteiger charge is 2.27. The summed E-state index contributed by atoms with van der Waals surface area (Å²) in [6, 6.07) is 6.82. The molecule has 0 bridgehead atoms. The quantitative estimate of drug-likeness (QED) is 0.424. The highest BCUT2D eigenvalue weighted by molar-refractivity contribution is 9.10. The topological polar surface area (TPSA) is 108 Å². The van der Waals surface area contributed by atoms with Gasteiger partial charge in [0.2, 0.25) is 5.91 Å². The molecule has 3 rings (SSSR count). The van der Waals surface area contributed by atoms with E-state index < -0.39 is 11.0 Å². The summed E-state index contributed by atoms with van der Waals surface area (Å²) in [6.07, 6.45) is 0. The fraction of sp³-hybridized carbons (Fsp3) is 0.350. The smallest absolute Gasteiger partial charge is 0.312 e. The fourth-order valence-electron chi connectivity index (χ4n) is 3.40. The molecule has 158 valence electrons. The Bertz CT molecular complexity index is 1130. The second-order valence-corrected chi connectivity index (χ2v) is 8.02. The molecule has 9 nitrogen and oxygen atoms in total. The summed E-state index contributed by atoms with van der Waals surface area (Å²) >= 11 is 3.53. The van der Waals surface area contributed by atoms with Crippen molar-refractivity contribution in [2.75, 3.05) is 5.32 Å². The molecule has 10 heteroatoms. The standard InChI is InChI=1S/C20H23BrN6O3/c1-11-18(21)13(3)25(23-11)10-16-7-6-8-17(9-16)22-20(28)15(5)26-14(4)19(27(29)30)12(2)24-26/h6-9,15H,10H2,1-5H3,(H,22,28). The number of aryl methyl sites for hydroxylation is 2. The zero-order chi connectivity index (χ0) is 22.2. The number of hydrogen-bond donors (Lipinski definition) is 1. The normalized spacial score (nSPS) is 12.1. The van der Waals surface area contributed by atoms with Crippen molar-refractivity contribution in [3.8, 4) is 0 Å². The van der Waals surface area contributed by atoms with Crippen molar-refractivity contribution >= 4 is 33.2 Å². The van der Waals surface area contributed by atoms with Crippen LogP contribution >= 0.6 is 15.9 Å². The third-order valence-corrected chi connectivity index (χ3v) is 6.18. The number of rotatable bonds is 6. The third kappa shape index (κ3) is 4.13. The van der Waals surface area contributed by atoms with Crippen LogP contribution in [0, 0.1) is 37.8 Å². The molecule has 0 aliphatic heterocycles. The number of anilines is 1. The van der Waals surface area contributed by atoms with Crippen LogP contribution in [0.4, 0.5) is 11.4 Å². The molecular formula is C20H23BrN6O3. The van der Waals surface area contributed by atoms with Crippen molar-refractivity contribution in [2.24, 2.45) is 0 Å². The maximum Gasteiger partial charge on any atom is 0.312 e. The Morgan fingerprint density at radius 3 is 2.47 bits per heavy atom. The number of nitrogens with one attached hydrogen (secondary N) is 1. The van der Waals surface area contributed by atoms with E-state index in [1.165, 1.54) is 4.68 Å². The van der Waals surface area contributed by atoms with Crippen molar-refractivity contribution in [3.63, 3.8) is 0 Å². The molecule has 3 aromatic rings. The minimum absolute atomic E-state index is 0.0623. The highest BCUT2D eigenvalue weighted by Crippen LogP contribution is 2.25. The van der Waals surface area contributed by atoms with Crippen LogP contribution in [-0.2, 0) is 11.3 Å². The van der Waals surface area contributed by atoms with E-state index in [4.69, 9.17) is 0 Å². The number of benzene rings is 1. The van der Waals surface area contributed by atoms with E-state index in [-0.39, 0.29) is 17.3 Å². The van der Waals surface area contributed by atoms with Gasteiger partial charge in [-0.2, -0.15) is 10.2 Å². The minimum Gasteiger partial charge on any atom is -0.324 e. The van der Waals surface area contributed by atoms with E-state index >= 15 is 0 Å². The number of amides is 1. The first kappa shape index (κ1) is 21.7. The first-order valence-electron chi connectivity index (χ1n) is 9.39. The number of halogens is 1. The van der Waals surface area contributed by atoms with Gasteiger partial charge in [0.25, 0.3) is 0 Å². The van der Waals surface area contributed by atoms with Gasteiger partial charge in [0, 0.05) is 5.69 Å². The predicted molar refractivity (Wildman–Crippen MR) is 117 cm³/mol. The minimum atomic E-state index is -0.701. The van der Waals surface area contributed by atoms with Crippen LogP contribution < -0.4 is 5.32 Å². The molecule has 1 aromatic carbocycles. The summed E-state index contributed by atoms with van der Waals surface area (Å²) in [4.78, 5) is 23.5. The molecule has 1 atom stereocenters. The number of carbonyl (C=O) groups is 1. The average molecular weight is 475 g/mol. The molecule has 0 radical (unpaired) electrons. The van der Waals surface area contributed by atoms with Gasteiger partial charge in [0.1, 0.15) is 17.4 Å². The lowest BCUT2D eigenvalue weighted by Gasteiger charge is -2.15. The van der Waals surface area contributed by atoms with Gasteiger partial charge in [-0.05, 0) is 68.2 Å². The van der Waals surface area contributed by atoms with Crippen LogP contribution in [0.5, 0.6) is 0 Å². The van der Waals surface area contributed by atoms with Gasteiger partial charge in [-0.25, -0.2) is 0 Å². The van der Waals surface area contributed by atoms with E-state index in [2.05, 4.69) is 31.4 Å². The van der Waals surface area contributed by atoms with Gasteiger partial charge < -0.3 is 5.32 Å². The van der Waals surface area contributed by atoms with Crippen LogP contribution in [0.15, 0.2) is 28.7 Å². The van der Waals surface area contributed by atoms with Crippen molar-refractivity contribution in [3.05, 3.63) is 67.2 Å². The first-order chi connectivity index (χ1) is 14.1. The largest absolute Gasteiger partial charge is 0.324 e. The molecule has 0 fully saturated rings. The molecule has 2 heterocycles. The Balaban J connectivity index is 1.77. The van der Waals surface area contributed by atoms with Gasteiger partial charge in [-0.1, -0.05) is 12.1 Å². The van der Waals surface area contributed by atoms with Crippen LogP contribution in [0.3, 0.4) is 0 Å². The molecular weight excluding hydrogens is 452 g/mol. The van der Waals surface area contributed by atoms with Crippen molar-refractivity contribution < 1.29 is 9.72 Å². The molecule has 0 spiro atoms. The van der Waals surface area contributed by atoms with E-state index in [0.29, 0.717) is 17.9 Å². The van der Waals surface area contributed by atoms with E-state index in [1.54, 1.807) is 26.8 Å². The zero-order valence-corrected chi connectivity index (χ0v) is 19.0. The van der Waals surface area contributed by atoms with Crippen LogP contribution in [-0.4, -0.2) is 30.4 Å². The van der Waals surface area contributed by atoms with Crippen LogP contribution in [0.25, 0.3) is 0 Å². The molecule has 0 aliphatic rings. The Morgan fingerprint density at radius 1 is 1.20 bits per heavy atom. The molecule has 0 aliphatic carbocycles. The number of aromatic nitrogens is 4.